The standard InChI is InChI=1S/C29H33Cl2N5O3/c1-17(2)32-29-33-26-15-35(27(38)19-6-11-24(30)25(31)14-19)18(3)13-23(26)28(39)36(29)21-9-7-20(8-10-21)34-12-4-5-22(34)16-37/h6-11,14,17-18,22,37H,4-5,12-13,15-16H2,1-3H3,(H,32,33)/t18-,22?/m1/s1. The van der Waals surface area contributed by atoms with Gasteiger partial charge in [0, 0.05) is 35.4 Å². The second-order valence-electron chi connectivity index (χ2n) is 10.6. The number of aromatic nitrogens is 2. The maximum atomic E-state index is 13.9. The number of amides is 1. The molecule has 1 unspecified atom stereocenters. The third-order valence-electron chi connectivity index (χ3n) is 7.49. The van der Waals surface area contributed by atoms with Gasteiger partial charge >= 0.3 is 0 Å². The Bertz CT molecular complexity index is 1440. The quantitative estimate of drug-likeness (QED) is 0.438. The summed E-state index contributed by atoms with van der Waals surface area (Å²) >= 11 is 12.2. The number of halogens is 2. The van der Waals surface area contributed by atoms with E-state index in [4.69, 9.17) is 28.2 Å². The number of benzene rings is 2. The van der Waals surface area contributed by atoms with Crippen LogP contribution in [0.5, 0.6) is 0 Å². The zero-order chi connectivity index (χ0) is 27.8. The number of hydrogen-bond acceptors (Lipinski definition) is 6. The molecule has 2 aliphatic rings. The zero-order valence-corrected chi connectivity index (χ0v) is 23.8. The average Bonchev–Trinajstić information content (AvgIpc) is 3.39. The van der Waals surface area contributed by atoms with Crippen LogP contribution in [0.4, 0.5) is 11.6 Å². The van der Waals surface area contributed by atoms with E-state index in [0.717, 1.165) is 25.1 Å². The van der Waals surface area contributed by atoms with Crippen molar-refractivity contribution in [1.82, 2.24) is 14.5 Å². The summed E-state index contributed by atoms with van der Waals surface area (Å²) in [5.74, 6) is 0.252. The van der Waals surface area contributed by atoms with Gasteiger partial charge in [0.05, 0.1) is 40.6 Å². The van der Waals surface area contributed by atoms with Crippen LogP contribution in [0.1, 0.15) is 55.2 Å². The third kappa shape index (κ3) is 5.38. The summed E-state index contributed by atoms with van der Waals surface area (Å²) in [5.41, 5.74) is 3.24. The molecular weight excluding hydrogens is 537 g/mol. The van der Waals surface area contributed by atoms with Crippen LogP contribution in [-0.2, 0) is 13.0 Å². The molecule has 0 bridgehead atoms. The lowest BCUT2D eigenvalue weighted by atomic mass is 9.98. The minimum absolute atomic E-state index is 0.0341. The molecule has 8 nitrogen and oxygen atoms in total. The minimum atomic E-state index is -0.209. The highest BCUT2D eigenvalue weighted by Crippen LogP contribution is 2.29. The summed E-state index contributed by atoms with van der Waals surface area (Å²) in [6.45, 7) is 7.16. The molecule has 0 spiro atoms. The topological polar surface area (TPSA) is 90.7 Å². The monoisotopic (exact) mass is 569 g/mol. The fraction of sp³-hybridized carbons (Fsp3) is 0.414. The number of anilines is 2. The second kappa shape index (κ2) is 11.2. The normalized spacial score (nSPS) is 18.9. The van der Waals surface area contributed by atoms with Crippen molar-refractivity contribution in [3.8, 4) is 5.69 Å². The third-order valence-corrected chi connectivity index (χ3v) is 8.23. The van der Waals surface area contributed by atoms with E-state index in [2.05, 4.69) is 10.2 Å². The molecule has 5 rings (SSSR count). The molecule has 206 valence electrons. The van der Waals surface area contributed by atoms with Gasteiger partial charge in [-0.2, -0.15) is 0 Å². The van der Waals surface area contributed by atoms with Crippen molar-refractivity contribution < 1.29 is 9.90 Å². The summed E-state index contributed by atoms with van der Waals surface area (Å²) in [6, 6.07) is 12.6. The highest BCUT2D eigenvalue weighted by Gasteiger charge is 2.32. The lowest BCUT2D eigenvalue weighted by Gasteiger charge is -2.35. The number of nitrogens with one attached hydrogen (secondary N) is 1. The molecule has 2 N–H and O–H groups in total. The van der Waals surface area contributed by atoms with Crippen LogP contribution in [0.2, 0.25) is 10.0 Å². The molecule has 2 atom stereocenters. The number of nitrogens with zero attached hydrogens (tertiary/aromatic N) is 4. The van der Waals surface area contributed by atoms with E-state index in [0.29, 0.717) is 44.9 Å². The van der Waals surface area contributed by atoms with Crippen LogP contribution in [0.15, 0.2) is 47.3 Å². The molecule has 1 aromatic heterocycles. The first-order chi connectivity index (χ1) is 18.7. The molecule has 10 heteroatoms. The van der Waals surface area contributed by atoms with Gasteiger partial charge in [-0.3, -0.25) is 9.59 Å². The Morgan fingerprint density at radius 1 is 1.13 bits per heavy atom. The van der Waals surface area contributed by atoms with Gasteiger partial charge in [-0.1, -0.05) is 23.2 Å². The molecule has 1 amide bonds. The van der Waals surface area contributed by atoms with Gasteiger partial charge in [0.15, 0.2) is 0 Å². The fourth-order valence-corrected chi connectivity index (χ4v) is 5.78. The number of rotatable bonds is 6. The Kier molecular flexibility index (Phi) is 7.89. The Morgan fingerprint density at radius 2 is 1.85 bits per heavy atom. The van der Waals surface area contributed by atoms with E-state index >= 15 is 0 Å². The summed E-state index contributed by atoms with van der Waals surface area (Å²) in [4.78, 5) is 36.1. The molecule has 0 radical (unpaired) electrons. The molecule has 1 saturated heterocycles. The van der Waals surface area contributed by atoms with Crippen molar-refractivity contribution in [3.63, 3.8) is 0 Å². The van der Waals surface area contributed by atoms with Crippen LogP contribution in [0, 0.1) is 0 Å². The van der Waals surface area contributed by atoms with E-state index < -0.39 is 0 Å². The van der Waals surface area contributed by atoms with Gasteiger partial charge in [-0.05, 0) is 82.5 Å². The first-order valence-corrected chi connectivity index (χ1v) is 14.1. The first kappa shape index (κ1) is 27.5. The van der Waals surface area contributed by atoms with Crippen molar-refractivity contribution in [2.75, 3.05) is 23.4 Å². The molecule has 0 saturated carbocycles. The fourth-order valence-electron chi connectivity index (χ4n) is 5.48. The summed E-state index contributed by atoms with van der Waals surface area (Å²) in [7, 11) is 0. The maximum Gasteiger partial charge on any atom is 0.263 e. The van der Waals surface area contributed by atoms with E-state index in [1.807, 2.05) is 45.0 Å². The van der Waals surface area contributed by atoms with Crippen molar-refractivity contribution >= 4 is 40.7 Å². The molecule has 3 heterocycles. The van der Waals surface area contributed by atoms with Crippen LogP contribution in [0.25, 0.3) is 5.69 Å². The molecular formula is C29H33Cl2N5O3. The summed E-state index contributed by atoms with van der Waals surface area (Å²) < 4.78 is 1.62. The lowest BCUT2D eigenvalue weighted by molar-refractivity contribution is 0.0653. The Morgan fingerprint density at radius 3 is 2.51 bits per heavy atom. The first-order valence-electron chi connectivity index (χ1n) is 13.3. The zero-order valence-electron chi connectivity index (χ0n) is 22.3. The summed E-state index contributed by atoms with van der Waals surface area (Å²) in [6.07, 6.45) is 2.41. The van der Waals surface area contributed by atoms with Crippen molar-refractivity contribution in [1.29, 1.82) is 0 Å². The van der Waals surface area contributed by atoms with Gasteiger partial charge in [-0.25, -0.2) is 9.55 Å². The molecule has 39 heavy (non-hydrogen) atoms. The summed E-state index contributed by atoms with van der Waals surface area (Å²) in [5, 5.41) is 13.8. The Hall–Kier alpha value is -3.07. The number of hydrogen-bond donors (Lipinski definition) is 2. The molecule has 3 aromatic rings. The molecule has 0 aliphatic carbocycles. The van der Waals surface area contributed by atoms with Gasteiger partial charge in [0.2, 0.25) is 5.95 Å². The van der Waals surface area contributed by atoms with E-state index in [1.165, 1.54) is 0 Å². The number of fused-ring (bicyclic) bond motifs is 1. The Labute approximate surface area is 238 Å². The van der Waals surface area contributed by atoms with Crippen molar-refractivity contribution in [3.05, 3.63) is 79.7 Å². The molecule has 1 fully saturated rings. The number of carbonyl (C=O) groups is 1. The number of aliphatic hydroxyl groups excluding tert-OH is 1. The van der Waals surface area contributed by atoms with Crippen LogP contribution < -0.4 is 15.8 Å². The largest absolute Gasteiger partial charge is 0.394 e. The second-order valence-corrected chi connectivity index (χ2v) is 11.4. The van der Waals surface area contributed by atoms with Gasteiger partial charge in [0.1, 0.15) is 0 Å². The number of carbonyl (C=O) groups excluding carboxylic acids is 1. The van der Waals surface area contributed by atoms with Crippen LogP contribution >= 0.6 is 23.2 Å². The van der Waals surface area contributed by atoms with E-state index in [-0.39, 0.29) is 42.7 Å². The number of aliphatic hydroxyl groups is 1. The minimum Gasteiger partial charge on any atom is -0.394 e. The predicted octanol–water partition coefficient (Wildman–Crippen LogP) is 4.91. The van der Waals surface area contributed by atoms with E-state index in [1.54, 1.807) is 27.7 Å². The SMILES string of the molecule is CC(C)Nc1nc2c(c(=O)n1-c1ccc(N3CCCC3CO)cc1)C[C@@H](C)N(C(=O)c1ccc(Cl)c(Cl)c1)C2. The van der Waals surface area contributed by atoms with Crippen LogP contribution in [-0.4, -0.2) is 56.7 Å². The molecule has 2 aromatic carbocycles. The van der Waals surface area contributed by atoms with E-state index in [9.17, 15) is 14.7 Å². The highest BCUT2D eigenvalue weighted by molar-refractivity contribution is 6.42. The highest BCUT2D eigenvalue weighted by atomic mass is 35.5. The lowest BCUT2D eigenvalue weighted by Crippen LogP contribution is -2.46. The van der Waals surface area contributed by atoms with Crippen LogP contribution in [0.3, 0.4) is 0 Å². The van der Waals surface area contributed by atoms with Gasteiger partial charge in [-0.15, -0.1) is 0 Å². The Balaban J connectivity index is 1.50. The van der Waals surface area contributed by atoms with Crippen molar-refractivity contribution in [2.24, 2.45) is 0 Å². The maximum absolute atomic E-state index is 13.9. The van der Waals surface area contributed by atoms with Gasteiger partial charge < -0.3 is 20.2 Å². The average molecular weight is 571 g/mol. The van der Waals surface area contributed by atoms with Crippen molar-refractivity contribution in [2.45, 2.75) is 64.7 Å². The smallest absolute Gasteiger partial charge is 0.263 e. The van der Waals surface area contributed by atoms with Gasteiger partial charge in [0.25, 0.3) is 11.5 Å². The molecule has 2 aliphatic heterocycles. The predicted molar refractivity (Wildman–Crippen MR) is 156 cm³/mol.